The van der Waals surface area contributed by atoms with E-state index in [4.69, 9.17) is 5.14 Å². The van der Waals surface area contributed by atoms with Crippen LogP contribution in [0.15, 0.2) is 60.7 Å². The van der Waals surface area contributed by atoms with E-state index in [1.807, 2.05) is 0 Å². The van der Waals surface area contributed by atoms with Gasteiger partial charge >= 0.3 is 0 Å². The molecule has 3 aromatic rings. The molecule has 0 bridgehead atoms. The van der Waals surface area contributed by atoms with E-state index in [2.05, 4.69) is 5.32 Å². The third-order valence-corrected chi connectivity index (χ3v) is 5.00. The van der Waals surface area contributed by atoms with E-state index < -0.39 is 27.6 Å². The first-order valence-electron chi connectivity index (χ1n) is 8.59. The number of rotatable bonds is 5. The van der Waals surface area contributed by atoms with Gasteiger partial charge < -0.3 is 5.32 Å². The summed E-state index contributed by atoms with van der Waals surface area (Å²) >= 11 is 0. The maximum Gasteiger partial charge on any atom is 0.255 e. The second-order valence-corrected chi connectivity index (χ2v) is 8.23. The third-order valence-electron chi connectivity index (χ3n) is 4.26. The highest BCUT2D eigenvalue weighted by molar-refractivity contribution is 7.88. The van der Waals surface area contributed by atoms with Gasteiger partial charge in [-0.05, 0) is 60.0 Å². The normalized spacial score (nSPS) is 11.3. The van der Waals surface area contributed by atoms with Crippen LogP contribution in [0.1, 0.15) is 21.5 Å². The Kier molecular flexibility index (Phi) is 5.76. The fourth-order valence-corrected chi connectivity index (χ4v) is 3.62. The van der Waals surface area contributed by atoms with Crippen molar-refractivity contribution >= 4 is 21.6 Å². The number of amides is 1. The SMILES string of the molecule is Cc1cc(F)ccc1-c1ccc(C(=O)Nc2cccc(CS(N)(=O)=O)c2)cc1F. The van der Waals surface area contributed by atoms with Crippen LogP contribution < -0.4 is 10.5 Å². The van der Waals surface area contributed by atoms with Crippen molar-refractivity contribution in [2.24, 2.45) is 5.14 Å². The number of primary sulfonamides is 1. The minimum atomic E-state index is -3.70. The van der Waals surface area contributed by atoms with Crippen LogP contribution in [0.4, 0.5) is 14.5 Å². The quantitative estimate of drug-likeness (QED) is 0.659. The van der Waals surface area contributed by atoms with Crippen LogP contribution in [0.3, 0.4) is 0 Å². The van der Waals surface area contributed by atoms with Crippen molar-refractivity contribution in [3.8, 4) is 11.1 Å². The second-order valence-electron chi connectivity index (χ2n) is 6.62. The minimum Gasteiger partial charge on any atom is -0.322 e. The van der Waals surface area contributed by atoms with E-state index in [0.717, 1.165) is 6.07 Å². The molecule has 0 aliphatic rings. The molecular formula is C21H18F2N2O3S. The topological polar surface area (TPSA) is 89.3 Å². The standard InChI is InChI=1S/C21H18F2N2O3S/c1-13-9-16(22)6-8-18(13)19-7-5-15(11-20(19)23)21(26)25-17-4-2-3-14(10-17)12-29(24,27)28/h2-11H,12H2,1H3,(H,25,26)(H2,24,27,28). The molecule has 0 atom stereocenters. The number of halogens is 2. The molecule has 1 amide bonds. The Labute approximate surface area is 167 Å². The Bertz CT molecular complexity index is 1190. The summed E-state index contributed by atoms with van der Waals surface area (Å²) in [7, 11) is -3.70. The Morgan fingerprint density at radius 1 is 1.00 bits per heavy atom. The van der Waals surface area contributed by atoms with E-state index in [1.165, 1.54) is 36.4 Å². The maximum atomic E-state index is 14.6. The van der Waals surface area contributed by atoms with E-state index in [-0.39, 0.29) is 16.9 Å². The highest BCUT2D eigenvalue weighted by atomic mass is 32.2. The number of benzene rings is 3. The lowest BCUT2D eigenvalue weighted by molar-refractivity contribution is 0.102. The van der Waals surface area contributed by atoms with Crippen molar-refractivity contribution < 1.29 is 22.0 Å². The fraction of sp³-hybridized carbons (Fsp3) is 0.0952. The van der Waals surface area contributed by atoms with Crippen molar-refractivity contribution in [1.82, 2.24) is 0 Å². The van der Waals surface area contributed by atoms with Crippen LogP contribution in [0.5, 0.6) is 0 Å². The van der Waals surface area contributed by atoms with Crippen molar-refractivity contribution in [2.75, 3.05) is 5.32 Å². The van der Waals surface area contributed by atoms with Crippen LogP contribution >= 0.6 is 0 Å². The summed E-state index contributed by atoms with van der Waals surface area (Å²) in [5.74, 6) is -1.95. The molecule has 0 fully saturated rings. The first-order chi connectivity index (χ1) is 13.6. The number of hydrogen-bond donors (Lipinski definition) is 2. The van der Waals surface area contributed by atoms with Gasteiger partial charge in [0.1, 0.15) is 11.6 Å². The summed E-state index contributed by atoms with van der Waals surface area (Å²) in [6.45, 7) is 1.67. The largest absolute Gasteiger partial charge is 0.322 e. The molecule has 0 radical (unpaired) electrons. The predicted molar refractivity (Wildman–Crippen MR) is 108 cm³/mol. The summed E-state index contributed by atoms with van der Waals surface area (Å²) in [4.78, 5) is 12.5. The van der Waals surface area contributed by atoms with Gasteiger partial charge in [0, 0.05) is 16.8 Å². The number of carbonyl (C=O) groups excluding carboxylic acids is 1. The molecule has 0 unspecified atom stereocenters. The van der Waals surface area contributed by atoms with Crippen molar-refractivity contribution in [1.29, 1.82) is 0 Å². The zero-order chi connectivity index (χ0) is 21.2. The molecule has 29 heavy (non-hydrogen) atoms. The molecular weight excluding hydrogens is 398 g/mol. The van der Waals surface area contributed by atoms with Crippen LogP contribution in [-0.2, 0) is 15.8 Å². The summed E-state index contributed by atoms with van der Waals surface area (Å²) in [5, 5.41) is 7.63. The maximum absolute atomic E-state index is 14.6. The molecule has 0 spiro atoms. The molecule has 0 aromatic heterocycles. The van der Waals surface area contributed by atoms with E-state index in [1.54, 1.807) is 25.1 Å². The van der Waals surface area contributed by atoms with E-state index in [0.29, 0.717) is 22.4 Å². The van der Waals surface area contributed by atoms with Gasteiger partial charge in [0.2, 0.25) is 10.0 Å². The molecule has 0 aliphatic heterocycles. The van der Waals surface area contributed by atoms with Gasteiger partial charge in [0.25, 0.3) is 5.91 Å². The molecule has 3 rings (SSSR count). The van der Waals surface area contributed by atoms with Gasteiger partial charge in [-0.1, -0.05) is 24.3 Å². The number of carbonyl (C=O) groups is 1. The van der Waals surface area contributed by atoms with Crippen molar-refractivity contribution in [3.05, 3.63) is 89.0 Å². The summed E-state index contributed by atoms with van der Waals surface area (Å²) in [6, 6.07) is 14.3. The number of anilines is 1. The van der Waals surface area contributed by atoms with Gasteiger partial charge in [-0.25, -0.2) is 22.3 Å². The number of hydrogen-bond acceptors (Lipinski definition) is 3. The Morgan fingerprint density at radius 2 is 1.72 bits per heavy atom. The van der Waals surface area contributed by atoms with E-state index in [9.17, 15) is 22.0 Å². The third kappa shape index (κ3) is 5.24. The molecule has 5 nitrogen and oxygen atoms in total. The Balaban J connectivity index is 1.82. The van der Waals surface area contributed by atoms with Crippen LogP contribution in [0.25, 0.3) is 11.1 Å². The number of aryl methyl sites for hydroxylation is 1. The first-order valence-corrected chi connectivity index (χ1v) is 10.3. The average molecular weight is 416 g/mol. The number of nitrogens with one attached hydrogen (secondary N) is 1. The Morgan fingerprint density at radius 3 is 2.38 bits per heavy atom. The van der Waals surface area contributed by atoms with E-state index >= 15 is 0 Å². The average Bonchev–Trinajstić information content (AvgIpc) is 2.61. The van der Waals surface area contributed by atoms with Crippen molar-refractivity contribution in [2.45, 2.75) is 12.7 Å². The number of sulfonamides is 1. The molecule has 150 valence electrons. The predicted octanol–water partition coefficient (Wildman–Crippen LogP) is 3.98. The molecule has 0 saturated heterocycles. The first kappa shape index (κ1) is 20.6. The smallest absolute Gasteiger partial charge is 0.255 e. The molecule has 0 saturated carbocycles. The lowest BCUT2D eigenvalue weighted by Crippen LogP contribution is -2.15. The second kappa shape index (κ2) is 8.10. The van der Waals surface area contributed by atoms with Crippen molar-refractivity contribution in [3.63, 3.8) is 0 Å². The van der Waals surface area contributed by atoms with Crippen LogP contribution in [0.2, 0.25) is 0 Å². The minimum absolute atomic E-state index is 0.0860. The fourth-order valence-electron chi connectivity index (χ4n) is 2.98. The highest BCUT2D eigenvalue weighted by Gasteiger charge is 2.14. The van der Waals surface area contributed by atoms with Gasteiger partial charge in [0.05, 0.1) is 5.75 Å². The molecule has 3 aromatic carbocycles. The van der Waals surface area contributed by atoms with Gasteiger partial charge in [-0.3, -0.25) is 4.79 Å². The molecule has 3 N–H and O–H groups in total. The monoisotopic (exact) mass is 416 g/mol. The zero-order valence-electron chi connectivity index (χ0n) is 15.4. The number of nitrogens with two attached hydrogens (primary N) is 1. The van der Waals surface area contributed by atoms with Crippen LogP contribution in [0, 0.1) is 18.6 Å². The van der Waals surface area contributed by atoms with Gasteiger partial charge in [-0.2, -0.15) is 0 Å². The summed E-state index contributed by atoms with van der Waals surface area (Å²) in [5.41, 5.74) is 2.23. The lowest BCUT2D eigenvalue weighted by Gasteiger charge is -2.10. The highest BCUT2D eigenvalue weighted by Crippen LogP contribution is 2.27. The molecule has 0 aliphatic carbocycles. The van der Waals surface area contributed by atoms with Crippen LogP contribution in [-0.4, -0.2) is 14.3 Å². The van der Waals surface area contributed by atoms with Gasteiger partial charge in [0.15, 0.2) is 0 Å². The zero-order valence-corrected chi connectivity index (χ0v) is 16.3. The Hall–Kier alpha value is -3.10. The molecule has 0 heterocycles. The molecule has 8 heteroatoms. The lowest BCUT2D eigenvalue weighted by atomic mass is 9.98. The van der Waals surface area contributed by atoms with Gasteiger partial charge in [-0.15, -0.1) is 0 Å². The summed E-state index contributed by atoms with van der Waals surface area (Å²) < 4.78 is 50.3. The summed E-state index contributed by atoms with van der Waals surface area (Å²) in [6.07, 6.45) is 0.